The summed E-state index contributed by atoms with van der Waals surface area (Å²) in [4.78, 5) is 12.5. The Kier molecular flexibility index (Phi) is 5.31. The molecular formula is C24H24N2O4. The summed E-state index contributed by atoms with van der Waals surface area (Å²) in [6, 6.07) is 17.4. The quantitative estimate of drug-likeness (QED) is 0.625. The molecular weight excluding hydrogens is 380 g/mol. The minimum Gasteiger partial charge on any atom is -0.497 e. The molecule has 3 aromatic carbocycles. The summed E-state index contributed by atoms with van der Waals surface area (Å²) in [6.45, 7) is 1.53. The second-order valence-electron chi connectivity index (χ2n) is 7.10. The van der Waals surface area contributed by atoms with Gasteiger partial charge in [-0.1, -0.05) is 30.3 Å². The molecule has 30 heavy (non-hydrogen) atoms. The second kappa shape index (κ2) is 8.06. The number of hydrazone groups is 1. The third-order valence-corrected chi connectivity index (χ3v) is 5.43. The van der Waals surface area contributed by atoms with Gasteiger partial charge in [-0.05, 0) is 29.1 Å². The molecule has 0 fully saturated rings. The number of rotatable bonds is 5. The van der Waals surface area contributed by atoms with Crippen LogP contribution in [0.2, 0.25) is 0 Å². The molecule has 1 atom stereocenters. The molecule has 0 spiro atoms. The number of fused-ring (bicyclic) bond motifs is 1. The summed E-state index contributed by atoms with van der Waals surface area (Å²) in [7, 11) is 4.89. The fraction of sp³-hybridized carbons (Fsp3) is 0.250. The number of ether oxygens (including phenoxy) is 3. The van der Waals surface area contributed by atoms with Crippen LogP contribution in [0.3, 0.4) is 0 Å². The van der Waals surface area contributed by atoms with E-state index in [9.17, 15) is 4.79 Å². The fourth-order valence-electron chi connectivity index (χ4n) is 4.02. The minimum atomic E-state index is -0.232. The summed E-state index contributed by atoms with van der Waals surface area (Å²) < 4.78 is 16.5. The lowest BCUT2D eigenvalue weighted by Gasteiger charge is -2.23. The average molecular weight is 404 g/mol. The fourth-order valence-corrected chi connectivity index (χ4v) is 4.02. The van der Waals surface area contributed by atoms with Crippen molar-refractivity contribution in [1.29, 1.82) is 0 Å². The number of carbonyl (C=O) groups is 1. The van der Waals surface area contributed by atoms with Crippen LogP contribution >= 0.6 is 0 Å². The Morgan fingerprint density at radius 2 is 1.70 bits per heavy atom. The molecule has 6 heteroatoms. The van der Waals surface area contributed by atoms with Crippen molar-refractivity contribution in [3.8, 4) is 17.2 Å². The topological polar surface area (TPSA) is 60.4 Å². The van der Waals surface area contributed by atoms with Crippen LogP contribution in [0, 0.1) is 0 Å². The van der Waals surface area contributed by atoms with Gasteiger partial charge in [0.15, 0.2) is 0 Å². The van der Waals surface area contributed by atoms with E-state index >= 15 is 0 Å². The van der Waals surface area contributed by atoms with Crippen molar-refractivity contribution in [2.45, 2.75) is 19.4 Å². The maximum atomic E-state index is 12.5. The molecule has 1 amide bonds. The Bertz CT molecular complexity index is 1130. The maximum Gasteiger partial charge on any atom is 0.240 e. The Balaban J connectivity index is 1.81. The predicted octanol–water partition coefficient (Wildman–Crippen LogP) is 4.56. The second-order valence-corrected chi connectivity index (χ2v) is 7.10. The van der Waals surface area contributed by atoms with Gasteiger partial charge >= 0.3 is 0 Å². The normalized spacial score (nSPS) is 15.8. The molecule has 154 valence electrons. The van der Waals surface area contributed by atoms with Gasteiger partial charge in [0.05, 0.1) is 33.1 Å². The average Bonchev–Trinajstić information content (AvgIpc) is 3.23. The number of methoxy groups -OCH3 is 3. The molecule has 3 aromatic rings. The van der Waals surface area contributed by atoms with Gasteiger partial charge in [-0.2, -0.15) is 5.10 Å². The van der Waals surface area contributed by atoms with Crippen LogP contribution in [0.15, 0.2) is 59.7 Å². The van der Waals surface area contributed by atoms with Crippen molar-refractivity contribution >= 4 is 22.4 Å². The van der Waals surface area contributed by atoms with Gasteiger partial charge in [-0.25, -0.2) is 5.01 Å². The standard InChI is InChI=1S/C24H24N2O4/c1-15(27)26-21(19-9-5-7-16-8-6-10-22(29-3)24(16)19)14-20(25-26)18-12-11-17(28-2)13-23(18)30-4/h5-13,21H,14H2,1-4H3. The molecule has 0 saturated heterocycles. The molecule has 0 N–H and O–H groups in total. The van der Waals surface area contributed by atoms with Crippen LogP contribution in [0.1, 0.15) is 30.5 Å². The summed E-state index contributed by atoms with van der Waals surface area (Å²) in [5.41, 5.74) is 2.65. The van der Waals surface area contributed by atoms with Crippen molar-refractivity contribution < 1.29 is 19.0 Å². The molecule has 0 bridgehead atoms. The van der Waals surface area contributed by atoms with E-state index < -0.39 is 0 Å². The summed E-state index contributed by atoms with van der Waals surface area (Å²) in [5.74, 6) is 2.03. The van der Waals surface area contributed by atoms with Crippen molar-refractivity contribution in [3.63, 3.8) is 0 Å². The number of carbonyl (C=O) groups excluding carboxylic acids is 1. The van der Waals surface area contributed by atoms with Crippen molar-refractivity contribution in [2.75, 3.05) is 21.3 Å². The highest BCUT2D eigenvalue weighted by Crippen LogP contribution is 2.41. The van der Waals surface area contributed by atoms with E-state index in [4.69, 9.17) is 14.2 Å². The zero-order chi connectivity index (χ0) is 21.3. The first-order valence-corrected chi connectivity index (χ1v) is 9.72. The van der Waals surface area contributed by atoms with E-state index in [2.05, 4.69) is 5.10 Å². The highest BCUT2D eigenvalue weighted by molar-refractivity contribution is 6.06. The molecule has 1 heterocycles. The Morgan fingerprint density at radius 3 is 2.37 bits per heavy atom. The maximum absolute atomic E-state index is 12.5. The smallest absolute Gasteiger partial charge is 0.240 e. The SMILES string of the molecule is COc1ccc(C2=NN(C(C)=O)C(c3cccc4cccc(OC)c34)C2)c(OC)c1. The largest absolute Gasteiger partial charge is 0.497 e. The minimum absolute atomic E-state index is 0.116. The van der Waals surface area contributed by atoms with Crippen LogP contribution in [0.5, 0.6) is 17.2 Å². The van der Waals surface area contributed by atoms with Gasteiger partial charge in [0.2, 0.25) is 5.91 Å². The highest BCUT2D eigenvalue weighted by Gasteiger charge is 2.34. The molecule has 6 nitrogen and oxygen atoms in total. The molecule has 0 aliphatic carbocycles. The number of hydrogen-bond acceptors (Lipinski definition) is 5. The number of hydrogen-bond donors (Lipinski definition) is 0. The van der Waals surface area contributed by atoms with E-state index in [0.717, 1.165) is 33.4 Å². The van der Waals surface area contributed by atoms with E-state index in [-0.39, 0.29) is 11.9 Å². The van der Waals surface area contributed by atoms with E-state index in [0.29, 0.717) is 17.9 Å². The molecule has 0 aromatic heterocycles. The van der Waals surface area contributed by atoms with Crippen molar-refractivity contribution in [3.05, 3.63) is 65.7 Å². The van der Waals surface area contributed by atoms with Gasteiger partial charge in [-0.3, -0.25) is 4.79 Å². The number of nitrogens with zero attached hydrogens (tertiary/aromatic N) is 2. The van der Waals surface area contributed by atoms with Crippen LogP contribution in [-0.4, -0.2) is 38.0 Å². The Labute approximate surface area is 175 Å². The summed E-state index contributed by atoms with van der Waals surface area (Å²) >= 11 is 0. The van der Waals surface area contributed by atoms with E-state index in [1.165, 1.54) is 6.92 Å². The molecule has 1 aliphatic rings. The lowest BCUT2D eigenvalue weighted by molar-refractivity contribution is -0.130. The number of benzene rings is 3. The third kappa shape index (κ3) is 3.34. The third-order valence-electron chi connectivity index (χ3n) is 5.43. The lowest BCUT2D eigenvalue weighted by atomic mass is 9.93. The highest BCUT2D eigenvalue weighted by atomic mass is 16.5. The molecule has 0 saturated carbocycles. The van der Waals surface area contributed by atoms with Gasteiger partial charge in [-0.15, -0.1) is 0 Å². The molecule has 4 rings (SSSR count). The molecule has 1 unspecified atom stereocenters. The van der Waals surface area contributed by atoms with Gasteiger partial charge in [0.1, 0.15) is 17.2 Å². The lowest BCUT2D eigenvalue weighted by Crippen LogP contribution is -2.24. The van der Waals surface area contributed by atoms with Crippen molar-refractivity contribution in [2.24, 2.45) is 5.10 Å². The van der Waals surface area contributed by atoms with Gasteiger partial charge in [0.25, 0.3) is 0 Å². The Hall–Kier alpha value is -3.54. The van der Waals surface area contributed by atoms with Crippen LogP contribution in [0.25, 0.3) is 10.8 Å². The van der Waals surface area contributed by atoms with Gasteiger partial charge in [0, 0.05) is 30.4 Å². The van der Waals surface area contributed by atoms with Crippen LogP contribution in [0.4, 0.5) is 0 Å². The first kappa shape index (κ1) is 19.8. The van der Waals surface area contributed by atoms with E-state index in [1.807, 2.05) is 54.6 Å². The first-order valence-electron chi connectivity index (χ1n) is 9.72. The summed E-state index contributed by atoms with van der Waals surface area (Å²) in [5, 5.41) is 8.29. The monoisotopic (exact) mass is 404 g/mol. The first-order chi connectivity index (χ1) is 14.6. The zero-order valence-corrected chi connectivity index (χ0v) is 17.5. The summed E-state index contributed by atoms with van der Waals surface area (Å²) in [6.07, 6.45) is 0.569. The predicted molar refractivity (Wildman–Crippen MR) is 116 cm³/mol. The molecule has 1 aliphatic heterocycles. The number of amides is 1. The van der Waals surface area contributed by atoms with Crippen molar-refractivity contribution in [1.82, 2.24) is 5.01 Å². The van der Waals surface area contributed by atoms with Crippen LogP contribution < -0.4 is 14.2 Å². The van der Waals surface area contributed by atoms with E-state index in [1.54, 1.807) is 26.3 Å². The Morgan fingerprint density at radius 1 is 0.967 bits per heavy atom. The van der Waals surface area contributed by atoms with Crippen LogP contribution in [-0.2, 0) is 4.79 Å². The molecule has 0 radical (unpaired) electrons. The van der Waals surface area contributed by atoms with Gasteiger partial charge < -0.3 is 14.2 Å². The zero-order valence-electron chi connectivity index (χ0n) is 17.5.